The molecular weight excluding hydrogens is 174 g/mol. The van der Waals surface area contributed by atoms with E-state index in [9.17, 15) is 4.79 Å². The van der Waals surface area contributed by atoms with Crippen molar-refractivity contribution in [2.75, 3.05) is 6.54 Å². The molecule has 0 aromatic carbocycles. The first kappa shape index (κ1) is 7.61. The fraction of sp³-hybridized carbons (Fsp3) is 0.375. The summed E-state index contributed by atoms with van der Waals surface area (Å²) in [5, 5.41) is 4.65. The van der Waals surface area contributed by atoms with Crippen LogP contribution in [0.4, 0.5) is 4.79 Å². The predicted octanol–water partition coefficient (Wildman–Crippen LogP) is 1.40. The van der Waals surface area contributed by atoms with Gasteiger partial charge in [0.25, 0.3) is 0 Å². The summed E-state index contributed by atoms with van der Waals surface area (Å²) in [6, 6.07) is 4.06. The van der Waals surface area contributed by atoms with Crippen LogP contribution in [0, 0.1) is 0 Å². The summed E-state index contributed by atoms with van der Waals surface area (Å²) in [5.41, 5.74) is 0. The van der Waals surface area contributed by atoms with Crippen LogP contribution in [0.5, 0.6) is 0 Å². The molecule has 1 atom stereocenters. The average molecular weight is 183 g/mol. The van der Waals surface area contributed by atoms with Gasteiger partial charge in [0.1, 0.15) is 6.10 Å². The van der Waals surface area contributed by atoms with Gasteiger partial charge < -0.3 is 10.1 Å². The number of ether oxygens (including phenoxy) is 1. The lowest BCUT2D eigenvalue weighted by molar-refractivity contribution is 0.141. The van der Waals surface area contributed by atoms with Crippen LogP contribution in [-0.2, 0) is 11.2 Å². The molecule has 0 radical (unpaired) electrons. The summed E-state index contributed by atoms with van der Waals surface area (Å²) >= 11 is 1.69. The molecular formula is C8H9NO2S. The summed E-state index contributed by atoms with van der Waals surface area (Å²) in [4.78, 5) is 11.9. The minimum Gasteiger partial charge on any atom is -0.444 e. The van der Waals surface area contributed by atoms with Crippen molar-refractivity contribution < 1.29 is 9.53 Å². The van der Waals surface area contributed by atoms with Gasteiger partial charge in [0.15, 0.2) is 0 Å². The van der Waals surface area contributed by atoms with Crippen LogP contribution in [0.15, 0.2) is 17.5 Å². The van der Waals surface area contributed by atoms with Gasteiger partial charge in [0.2, 0.25) is 0 Å². The Bertz CT molecular complexity index is 271. The van der Waals surface area contributed by atoms with Gasteiger partial charge in [-0.2, -0.15) is 0 Å². The van der Waals surface area contributed by atoms with Gasteiger partial charge in [-0.3, -0.25) is 0 Å². The highest BCUT2D eigenvalue weighted by Crippen LogP contribution is 2.14. The third-order valence-electron chi connectivity index (χ3n) is 1.76. The van der Waals surface area contributed by atoms with Gasteiger partial charge in [-0.25, -0.2) is 4.79 Å². The van der Waals surface area contributed by atoms with Crippen molar-refractivity contribution in [2.45, 2.75) is 12.5 Å². The van der Waals surface area contributed by atoms with Crippen molar-refractivity contribution in [3.8, 4) is 0 Å². The Morgan fingerprint density at radius 3 is 3.25 bits per heavy atom. The molecule has 2 rings (SSSR count). The molecule has 1 unspecified atom stereocenters. The number of hydrogen-bond acceptors (Lipinski definition) is 3. The molecule has 0 saturated carbocycles. The zero-order valence-electron chi connectivity index (χ0n) is 6.45. The van der Waals surface area contributed by atoms with Gasteiger partial charge in [-0.15, -0.1) is 11.3 Å². The summed E-state index contributed by atoms with van der Waals surface area (Å²) in [6.07, 6.45) is 0.559. The van der Waals surface area contributed by atoms with E-state index < -0.39 is 0 Å². The fourth-order valence-corrected chi connectivity index (χ4v) is 1.97. The summed E-state index contributed by atoms with van der Waals surface area (Å²) < 4.78 is 4.99. The maximum Gasteiger partial charge on any atom is 0.407 e. The first-order valence-electron chi connectivity index (χ1n) is 3.81. The highest BCUT2D eigenvalue weighted by Gasteiger charge is 2.22. The maximum atomic E-state index is 10.7. The zero-order valence-corrected chi connectivity index (χ0v) is 7.26. The van der Waals surface area contributed by atoms with Crippen LogP contribution in [0.2, 0.25) is 0 Å². The number of hydrogen-bond donors (Lipinski definition) is 1. The zero-order chi connectivity index (χ0) is 8.39. The molecule has 1 saturated heterocycles. The van der Waals surface area contributed by atoms with Crippen LogP contribution >= 0.6 is 11.3 Å². The number of carbonyl (C=O) groups is 1. The summed E-state index contributed by atoms with van der Waals surface area (Å²) in [5.74, 6) is 0. The van der Waals surface area contributed by atoms with Crippen molar-refractivity contribution in [2.24, 2.45) is 0 Å². The van der Waals surface area contributed by atoms with Crippen LogP contribution in [-0.4, -0.2) is 18.7 Å². The minimum atomic E-state index is -0.295. The van der Waals surface area contributed by atoms with E-state index in [0.29, 0.717) is 6.54 Å². The number of alkyl carbamates (subject to hydrolysis) is 1. The minimum absolute atomic E-state index is 0.0242. The second-order valence-corrected chi connectivity index (χ2v) is 3.72. The van der Waals surface area contributed by atoms with Crippen LogP contribution < -0.4 is 5.32 Å². The first-order valence-corrected chi connectivity index (χ1v) is 4.69. The van der Waals surface area contributed by atoms with Gasteiger partial charge in [-0.05, 0) is 11.4 Å². The molecule has 1 N–H and O–H groups in total. The van der Waals surface area contributed by atoms with E-state index in [4.69, 9.17) is 4.74 Å². The van der Waals surface area contributed by atoms with E-state index in [1.54, 1.807) is 11.3 Å². The van der Waals surface area contributed by atoms with Gasteiger partial charge in [0, 0.05) is 11.3 Å². The highest BCUT2D eigenvalue weighted by molar-refractivity contribution is 7.09. The maximum absolute atomic E-state index is 10.7. The molecule has 1 fully saturated rings. The lowest BCUT2D eigenvalue weighted by Gasteiger charge is -2.03. The Morgan fingerprint density at radius 1 is 1.75 bits per heavy atom. The van der Waals surface area contributed by atoms with Crippen LogP contribution in [0.3, 0.4) is 0 Å². The summed E-state index contributed by atoms with van der Waals surface area (Å²) in [6.45, 7) is 0.636. The lowest BCUT2D eigenvalue weighted by Crippen LogP contribution is -2.16. The Balaban J connectivity index is 1.92. The number of cyclic esters (lactones) is 1. The van der Waals surface area contributed by atoms with E-state index in [2.05, 4.69) is 11.4 Å². The van der Waals surface area contributed by atoms with Gasteiger partial charge in [-0.1, -0.05) is 6.07 Å². The molecule has 12 heavy (non-hydrogen) atoms. The lowest BCUT2D eigenvalue weighted by atomic mass is 10.2. The van der Waals surface area contributed by atoms with E-state index in [1.807, 2.05) is 11.4 Å². The quantitative estimate of drug-likeness (QED) is 0.752. The predicted molar refractivity (Wildman–Crippen MR) is 46.3 cm³/mol. The Kier molecular flexibility index (Phi) is 1.99. The number of carbonyl (C=O) groups excluding carboxylic acids is 1. The van der Waals surface area contributed by atoms with E-state index in [1.165, 1.54) is 4.88 Å². The fourth-order valence-electron chi connectivity index (χ4n) is 1.20. The van der Waals surface area contributed by atoms with E-state index in [0.717, 1.165) is 6.42 Å². The van der Waals surface area contributed by atoms with Crippen molar-refractivity contribution in [3.05, 3.63) is 22.4 Å². The van der Waals surface area contributed by atoms with Crippen molar-refractivity contribution >= 4 is 17.4 Å². The molecule has 0 bridgehead atoms. The molecule has 64 valence electrons. The molecule has 1 aliphatic rings. The summed E-state index contributed by atoms with van der Waals surface area (Å²) in [7, 11) is 0. The molecule has 1 aromatic rings. The molecule has 0 aliphatic carbocycles. The molecule has 1 amide bonds. The third kappa shape index (κ3) is 1.58. The second-order valence-electron chi connectivity index (χ2n) is 2.69. The highest BCUT2D eigenvalue weighted by atomic mass is 32.1. The molecule has 0 spiro atoms. The topological polar surface area (TPSA) is 38.3 Å². The number of thiophene rings is 1. The SMILES string of the molecule is O=C1NCC(Cc2cccs2)O1. The second kappa shape index (κ2) is 3.15. The van der Waals surface area contributed by atoms with Crippen molar-refractivity contribution in [1.82, 2.24) is 5.32 Å². The number of rotatable bonds is 2. The van der Waals surface area contributed by atoms with Crippen LogP contribution in [0.1, 0.15) is 4.88 Å². The Morgan fingerprint density at radius 2 is 2.67 bits per heavy atom. The van der Waals surface area contributed by atoms with E-state index in [-0.39, 0.29) is 12.2 Å². The standard InChI is InChI=1S/C8H9NO2S/c10-8-9-5-6(11-8)4-7-2-1-3-12-7/h1-3,6H,4-5H2,(H,9,10). The average Bonchev–Trinajstić information content (AvgIpc) is 2.63. The smallest absolute Gasteiger partial charge is 0.407 e. The van der Waals surface area contributed by atoms with Gasteiger partial charge >= 0.3 is 6.09 Å². The molecule has 4 heteroatoms. The molecule has 1 aliphatic heterocycles. The van der Waals surface area contributed by atoms with Crippen molar-refractivity contribution in [3.63, 3.8) is 0 Å². The monoisotopic (exact) mass is 183 g/mol. The normalized spacial score (nSPS) is 22.0. The third-order valence-corrected chi connectivity index (χ3v) is 2.66. The molecule has 2 heterocycles. The molecule has 1 aromatic heterocycles. The number of amides is 1. The first-order chi connectivity index (χ1) is 5.84. The number of nitrogens with one attached hydrogen (secondary N) is 1. The van der Waals surface area contributed by atoms with Crippen LogP contribution in [0.25, 0.3) is 0 Å². The van der Waals surface area contributed by atoms with E-state index >= 15 is 0 Å². The van der Waals surface area contributed by atoms with Crippen molar-refractivity contribution in [1.29, 1.82) is 0 Å². The Hall–Kier alpha value is -1.03. The van der Waals surface area contributed by atoms with Gasteiger partial charge in [0.05, 0.1) is 6.54 Å². The largest absolute Gasteiger partial charge is 0.444 e. The Labute approximate surface area is 74.4 Å². The molecule has 3 nitrogen and oxygen atoms in total.